The van der Waals surface area contributed by atoms with Gasteiger partial charge in [-0.1, -0.05) is 17.9 Å². The Kier molecular flexibility index (Phi) is 8.34. The first-order valence-corrected chi connectivity index (χ1v) is 11.1. The summed E-state index contributed by atoms with van der Waals surface area (Å²) in [5.41, 5.74) is 6.76. The van der Waals surface area contributed by atoms with Gasteiger partial charge in [0.1, 0.15) is 0 Å². The van der Waals surface area contributed by atoms with E-state index in [0.29, 0.717) is 13.2 Å². The van der Waals surface area contributed by atoms with Crippen molar-refractivity contribution in [1.82, 2.24) is 5.32 Å². The number of primary amides is 1. The van der Waals surface area contributed by atoms with E-state index in [0.717, 1.165) is 0 Å². The summed E-state index contributed by atoms with van der Waals surface area (Å²) < 4.78 is 17.5. The molecule has 2 unspecified atom stereocenters. The van der Waals surface area contributed by atoms with E-state index in [1.165, 1.54) is 0 Å². The van der Waals surface area contributed by atoms with E-state index in [1.807, 2.05) is 13.1 Å². The third-order valence-electron chi connectivity index (χ3n) is 2.37. The third kappa shape index (κ3) is 7.41. The fourth-order valence-corrected chi connectivity index (χ4v) is 7.54. The van der Waals surface area contributed by atoms with E-state index in [4.69, 9.17) is 18.7 Å². The van der Waals surface area contributed by atoms with Crippen molar-refractivity contribution in [2.24, 2.45) is 5.73 Å². The molecule has 3 N–H and O–H groups in total. The molecule has 8 heteroatoms. The van der Waals surface area contributed by atoms with Gasteiger partial charge in [-0.25, -0.2) is 4.79 Å². The zero-order chi connectivity index (χ0) is 15.6. The molecule has 0 aromatic rings. The fourth-order valence-electron chi connectivity index (χ4n) is 1.38. The van der Waals surface area contributed by atoms with E-state index in [9.17, 15) is 4.79 Å². The van der Waals surface area contributed by atoms with E-state index < -0.39 is 23.2 Å². The van der Waals surface area contributed by atoms with Gasteiger partial charge in [0.2, 0.25) is 0 Å². The maximum absolute atomic E-state index is 10.9. The van der Waals surface area contributed by atoms with E-state index in [-0.39, 0.29) is 6.17 Å². The van der Waals surface area contributed by atoms with Crippen molar-refractivity contribution in [2.75, 3.05) is 19.4 Å². The van der Waals surface area contributed by atoms with Gasteiger partial charge in [0.25, 0.3) is 0 Å². The molecule has 0 fully saturated rings. The van der Waals surface area contributed by atoms with Crippen LogP contribution in [0.4, 0.5) is 4.79 Å². The lowest BCUT2D eigenvalue weighted by atomic mass is 10.7. The molecule has 0 saturated carbocycles. The molecule has 2 atom stereocenters. The van der Waals surface area contributed by atoms with Crippen LogP contribution in [0.5, 0.6) is 0 Å². The maximum atomic E-state index is 10.9. The van der Waals surface area contributed by atoms with Crippen LogP contribution >= 0.6 is 0 Å². The minimum atomic E-state index is -2.69. The number of hydrogen-bond acceptors (Lipinski definition) is 4. The molecule has 114 valence electrons. The molecule has 0 aromatic carbocycles. The zero-order valence-electron chi connectivity index (χ0n) is 12.2. The van der Waals surface area contributed by atoms with Crippen LogP contribution < -0.4 is 11.1 Å². The molecule has 0 saturated heterocycles. The summed E-state index contributed by atoms with van der Waals surface area (Å²) in [7, 11) is -5.29. The van der Waals surface area contributed by atoms with Crippen LogP contribution in [0.25, 0.3) is 0 Å². The van der Waals surface area contributed by atoms with Gasteiger partial charge in [-0.2, -0.15) is 0 Å². The quantitative estimate of drug-likeness (QED) is 0.447. The maximum Gasteiger partial charge on any atom is 0.352 e. The molecule has 0 spiro atoms. The first-order valence-electron chi connectivity index (χ1n) is 6.17. The average Bonchev–Trinajstić information content (AvgIpc) is 2.41. The Hall–Kier alpha value is -1.20. The smallest absolute Gasteiger partial charge is 0.352 e. The highest BCUT2D eigenvalue weighted by molar-refractivity contribution is 6.82. The summed E-state index contributed by atoms with van der Waals surface area (Å²) in [4.78, 5) is 10.9. The fraction of sp³-hybridized carbons (Fsp3) is 0.417. The summed E-state index contributed by atoms with van der Waals surface area (Å²) in [6, 6.07) is -0.622. The van der Waals surface area contributed by atoms with Crippen LogP contribution in [-0.4, -0.2) is 42.5 Å². The first kappa shape index (κ1) is 18.8. The average molecular weight is 317 g/mol. The van der Waals surface area contributed by atoms with Crippen molar-refractivity contribution in [1.29, 1.82) is 0 Å². The van der Waals surface area contributed by atoms with Gasteiger partial charge in [0.15, 0.2) is 0 Å². The summed E-state index contributed by atoms with van der Waals surface area (Å²) in [5.74, 6) is 0. The Balaban J connectivity index is 4.89. The van der Waals surface area contributed by atoms with Crippen molar-refractivity contribution >= 4 is 23.2 Å². The number of hydrogen-bond donors (Lipinski definition) is 2. The highest BCUT2D eigenvalue weighted by atomic mass is 28.5. The second-order valence-electron chi connectivity index (χ2n) is 4.37. The normalized spacial score (nSPS) is 16.5. The molecule has 0 bridgehead atoms. The van der Waals surface area contributed by atoms with Crippen molar-refractivity contribution in [3.05, 3.63) is 37.6 Å². The molecule has 0 aliphatic rings. The minimum absolute atomic E-state index is 0.226. The number of amides is 2. The van der Waals surface area contributed by atoms with Gasteiger partial charge in [0, 0.05) is 0 Å². The third-order valence-corrected chi connectivity index (χ3v) is 8.79. The number of rotatable bonds is 11. The van der Waals surface area contributed by atoms with Crippen LogP contribution in [0, 0.1) is 0 Å². The summed E-state index contributed by atoms with van der Waals surface area (Å²) in [6.07, 6.45) is 3.49. The summed E-state index contributed by atoms with van der Waals surface area (Å²) in [6.45, 7) is 15.3. The predicted octanol–water partition coefficient (Wildman–Crippen LogP) is 1.48. The van der Waals surface area contributed by atoms with Gasteiger partial charge < -0.3 is 24.0 Å². The second kappa shape index (κ2) is 8.87. The number of carbonyl (C=O) groups excluding carboxylic acids is 1. The Labute approximate surface area is 122 Å². The second-order valence-corrected chi connectivity index (χ2v) is 10.8. The zero-order valence-corrected chi connectivity index (χ0v) is 14.2. The molecule has 0 aliphatic carbocycles. The van der Waals surface area contributed by atoms with E-state index >= 15 is 0 Å². The number of carbonyl (C=O) groups is 1. The molecule has 0 aromatic heterocycles. The summed E-state index contributed by atoms with van der Waals surface area (Å²) >= 11 is 0. The monoisotopic (exact) mass is 316 g/mol. The van der Waals surface area contributed by atoms with Crippen LogP contribution in [0.3, 0.4) is 0 Å². The lowest BCUT2D eigenvalue weighted by molar-refractivity contribution is 0.216. The molecular formula is C12H24N2O4Si2. The predicted molar refractivity (Wildman–Crippen MR) is 84.4 cm³/mol. The van der Waals surface area contributed by atoms with Gasteiger partial charge in [-0.3, -0.25) is 0 Å². The van der Waals surface area contributed by atoms with Gasteiger partial charge in [-0.15, -0.1) is 19.7 Å². The van der Waals surface area contributed by atoms with E-state index in [2.05, 4.69) is 25.1 Å². The Bertz CT molecular complexity index is 367. The van der Waals surface area contributed by atoms with Gasteiger partial charge in [-0.05, 0) is 13.1 Å². The van der Waals surface area contributed by atoms with Crippen molar-refractivity contribution in [3.63, 3.8) is 0 Å². The SMILES string of the molecule is C=CCO[Si](C)(C=C)O[Si](C)(CNC(N)=O)OCC=C. The Morgan fingerprint density at radius 2 is 1.75 bits per heavy atom. The van der Waals surface area contributed by atoms with Gasteiger partial charge >= 0.3 is 23.2 Å². The molecule has 0 aliphatic heterocycles. The van der Waals surface area contributed by atoms with Crippen LogP contribution in [0.15, 0.2) is 37.6 Å². The van der Waals surface area contributed by atoms with Crippen LogP contribution in [-0.2, 0) is 13.0 Å². The lowest BCUT2D eigenvalue weighted by Gasteiger charge is -2.34. The summed E-state index contributed by atoms with van der Waals surface area (Å²) in [5, 5.41) is 2.53. The molecule has 20 heavy (non-hydrogen) atoms. The lowest BCUT2D eigenvalue weighted by Crippen LogP contribution is -2.58. The highest BCUT2D eigenvalue weighted by Gasteiger charge is 2.41. The Morgan fingerprint density at radius 1 is 1.20 bits per heavy atom. The molecular weight excluding hydrogens is 292 g/mol. The van der Waals surface area contributed by atoms with Crippen LogP contribution in [0.2, 0.25) is 13.1 Å². The van der Waals surface area contributed by atoms with Crippen molar-refractivity contribution < 1.29 is 17.8 Å². The van der Waals surface area contributed by atoms with Crippen LogP contribution in [0.1, 0.15) is 0 Å². The largest absolute Gasteiger partial charge is 0.411 e. The number of nitrogens with one attached hydrogen (secondary N) is 1. The molecule has 0 rings (SSSR count). The topological polar surface area (TPSA) is 82.8 Å². The standard InChI is InChI=1S/C12H24N2O4Si2/c1-6-9-16-19(4,8-3)18-20(5,17-10-7-2)11-14-12(13)15/h6-8H,1-3,9-11H2,4-5H3,(H3,13,14,15). The Morgan fingerprint density at radius 3 is 2.20 bits per heavy atom. The molecule has 6 nitrogen and oxygen atoms in total. The van der Waals surface area contributed by atoms with Crippen molar-refractivity contribution in [3.8, 4) is 0 Å². The first-order chi connectivity index (χ1) is 9.31. The molecule has 2 amide bonds. The molecule has 0 heterocycles. The number of urea groups is 1. The van der Waals surface area contributed by atoms with Crippen molar-refractivity contribution in [2.45, 2.75) is 13.1 Å². The number of nitrogens with two attached hydrogens (primary N) is 1. The van der Waals surface area contributed by atoms with E-state index in [1.54, 1.807) is 17.9 Å². The minimum Gasteiger partial charge on any atom is -0.411 e. The highest BCUT2D eigenvalue weighted by Crippen LogP contribution is 2.17. The van der Waals surface area contributed by atoms with Gasteiger partial charge in [0.05, 0.1) is 19.4 Å². The molecule has 0 radical (unpaired) electrons.